The van der Waals surface area contributed by atoms with E-state index in [9.17, 15) is 23.2 Å². The SMILES string of the molecule is COC(=O)c1cc(-c2ccc(OC)c(CN(C(=O)c3sc4c(F)ccc(F)c4c3Cl)C3CCC(NCC(=O)OC(C)(C)C)CC3)c2)ccn1. The normalized spacial score (nSPS) is 16.3. The number of thiophene rings is 1. The smallest absolute Gasteiger partial charge is 0.356 e. The maximum absolute atomic E-state index is 14.8. The molecule has 13 heteroatoms. The number of amides is 1. The Bertz CT molecular complexity index is 1870. The van der Waals surface area contributed by atoms with Crippen LogP contribution in [0.15, 0.2) is 48.7 Å². The number of rotatable bonds is 10. The van der Waals surface area contributed by atoms with Crippen molar-refractivity contribution in [3.8, 4) is 16.9 Å². The van der Waals surface area contributed by atoms with Crippen LogP contribution in [0.1, 0.15) is 72.2 Å². The minimum absolute atomic E-state index is 0.0259. The van der Waals surface area contributed by atoms with Crippen molar-refractivity contribution in [1.82, 2.24) is 15.2 Å². The third kappa shape index (κ3) is 8.37. The van der Waals surface area contributed by atoms with Gasteiger partial charge in [-0.1, -0.05) is 17.7 Å². The minimum Gasteiger partial charge on any atom is -0.496 e. The van der Waals surface area contributed by atoms with Crippen molar-refractivity contribution in [2.24, 2.45) is 0 Å². The van der Waals surface area contributed by atoms with E-state index < -0.39 is 29.1 Å². The Hall–Kier alpha value is -4.13. The molecule has 9 nitrogen and oxygen atoms in total. The Kier molecular flexibility index (Phi) is 11.2. The Labute approximate surface area is 292 Å². The fourth-order valence-electron chi connectivity index (χ4n) is 6.02. The van der Waals surface area contributed by atoms with E-state index in [1.165, 1.54) is 20.4 Å². The van der Waals surface area contributed by atoms with E-state index >= 15 is 0 Å². The van der Waals surface area contributed by atoms with Gasteiger partial charge in [-0.2, -0.15) is 0 Å². The maximum atomic E-state index is 14.8. The zero-order chi connectivity index (χ0) is 35.5. The number of fused-ring (bicyclic) bond motifs is 1. The molecule has 0 bridgehead atoms. The third-order valence-electron chi connectivity index (χ3n) is 8.34. The summed E-state index contributed by atoms with van der Waals surface area (Å²) in [5.41, 5.74) is 1.67. The zero-order valence-corrected chi connectivity index (χ0v) is 29.5. The van der Waals surface area contributed by atoms with Crippen LogP contribution in [0.3, 0.4) is 0 Å². The van der Waals surface area contributed by atoms with Crippen LogP contribution in [0.2, 0.25) is 5.02 Å². The highest BCUT2D eigenvalue weighted by molar-refractivity contribution is 7.21. The van der Waals surface area contributed by atoms with Gasteiger partial charge < -0.3 is 24.4 Å². The molecule has 1 fully saturated rings. The predicted octanol–water partition coefficient (Wildman–Crippen LogP) is 7.58. The van der Waals surface area contributed by atoms with Crippen LogP contribution in [-0.2, 0) is 20.8 Å². The number of carbonyl (C=O) groups excluding carboxylic acids is 3. The van der Waals surface area contributed by atoms with Crippen LogP contribution in [0.25, 0.3) is 21.2 Å². The third-order valence-corrected chi connectivity index (χ3v) is 10.0. The average molecular weight is 714 g/mol. The number of ether oxygens (including phenoxy) is 3. The number of carbonyl (C=O) groups is 3. The van der Waals surface area contributed by atoms with Crippen molar-refractivity contribution in [1.29, 1.82) is 0 Å². The van der Waals surface area contributed by atoms with E-state index in [0.717, 1.165) is 29.0 Å². The molecule has 2 aromatic heterocycles. The molecule has 1 aliphatic rings. The standard InChI is InChI=1S/C36H38ClF2N3O6S/c1-36(2,3)48-29(43)18-41-23-7-9-24(10-8-23)42(34(44)33-31(37)30-25(38)11-12-26(39)32(30)49-33)19-22-16-20(6-13-28(22)46-4)21-14-15-40-27(17-21)35(45)47-5/h6,11-17,23-24,41H,7-10,18-19H2,1-5H3. The fourth-order valence-corrected chi connectivity index (χ4v) is 7.53. The molecule has 0 spiro atoms. The highest BCUT2D eigenvalue weighted by Crippen LogP contribution is 2.40. The summed E-state index contributed by atoms with van der Waals surface area (Å²) in [6.45, 7) is 5.61. The lowest BCUT2D eigenvalue weighted by Gasteiger charge is -2.37. The molecule has 49 heavy (non-hydrogen) atoms. The number of pyridine rings is 1. The van der Waals surface area contributed by atoms with Crippen molar-refractivity contribution < 1.29 is 37.4 Å². The molecule has 4 aromatic rings. The molecule has 0 saturated heterocycles. The van der Waals surface area contributed by atoms with Gasteiger partial charge in [-0.25, -0.2) is 18.6 Å². The van der Waals surface area contributed by atoms with Crippen molar-refractivity contribution in [2.45, 2.75) is 70.7 Å². The molecule has 1 saturated carbocycles. The Balaban J connectivity index is 1.46. The van der Waals surface area contributed by atoms with Gasteiger partial charge in [0, 0.05) is 30.4 Å². The number of nitrogens with zero attached hydrogens (tertiary/aromatic N) is 2. The van der Waals surface area contributed by atoms with E-state index in [4.69, 9.17) is 25.8 Å². The summed E-state index contributed by atoms with van der Waals surface area (Å²) in [6.07, 6.45) is 4.05. The second kappa shape index (κ2) is 15.2. The molecular formula is C36H38ClF2N3O6S. The molecule has 0 aliphatic heterocycles. The second-order valence-corrected chi connectivity index (χ2v) is 14.2. The number of aromatic nitrogens is 1. The van der Waals surface area contributed by atoms with Gasteiger partial charge in [0.1, 0.15) is 33.6 Å². The predicted molar refractivity (Wildman–Crippen MR) is 184 cm³/mol. The second-order valence-electron chi connectivity index (χ2n) is 12.8. The van der Waals surface area contributed by atoms with Gasteiger partial charge in [-0.05, 0) is 94.0 Å². The lowest BCUT2D eigenvalue weighted by Crippen LogP contribution is -2.46. The zero-order valence-electron chi connectivity index (χ0n) is 27.9. The summed E-state index contributed by atoms with van der Waals surface area (Å²) in [4.78, 5) is 44.7. The van der Waals surface area contributed by atoms with E-state index in [-0.39, 0.29) is 56.8 Å². The monoisotopic (exact) mass is 713 g/mol. The summed E-state index contributed by atoms with van der Waals surface area (Å²) in [5.74, 6) is -2.22. The van der Waals surface area contributed by atoms with Crippen molar-refractivity contribution in [3.63, 3.8) is 0 Å². The lowest BCUT2D eigenvalue weighted by atomic mass is 9.89. The van der Waals surface area contributed by atoms with Crippen LogP contribution in [0, 0.1) is 11.6 Å². The summed E-state index contributed by atoms with van der Waals surface area (Å²) < 4.78 is 45.5. The fraction of sp³-hybridized carbons (Fsp3) is 0.389. The lowest BCUT2D eigenvalue weighted by molar-refractivity contribution is -0.153. The van der Waals surface area contributed by atoms with E-state index in [2.05, 4.69) is 10.3 Å². The number of halogens is 3. The molecule has 1 N–H and O–H groups in total. The number of nitrogens with one attached hydrogen (secondary N) is 1. The first-order valence-corrected chi connectivity index (χ1v) is 17.0. The first kappa shape index (κ1) is 36.2. The van der Waals surface area contributed by atoms with Crippen molar-refractivity contribution in [3.05, 3.63) is 81.5 Å². The summed E-state index contributed by atoms with van der Waals surface area (Å²) in [6, 6.07) is 10.6. The van der Waals surface area contributed by atoms with Gasteiger partial charge >= 0.3 is 11.9 Å². The van der Waals surface area contributed by atoms with Gasteiger partial charge in [0.05, 0.1) is 35.9 Å². The molecule has 1 aliphatic carbocycles. The number of methoxy groups -OCH3 is 2. The Morgan fingerprint density at radius 3 is 2.35 bits per heavy atom. The number of hydrogen-bond donors (Lipinski definition) is 1. The Morgan fingerprint density at radius 2 is 1.69 bits per heavy atom. The van der Waals surface area contributed by atoms with Crippen LogP contribution in [0.5, 0.6) is 5.75 Å². The van der Waals surface area contributed by atoms with Crippen LogP contribution >= 0.6 is 22.9 Å². The van der Waals surface area contributed by atoms with Crippen LogP contribution in [0.4, 0.5) is 8.78 Å². The van der Waals surface area contributed by atoms with E-state index in [1.54, 1.807) is 23.1 Å². The minimum atomic E-state index is -0.710. The summed E-state index contributed by atoms with van der Waals surface area (Å²) in [5, 5.41) is 3.02. The van der Waals surface area contributed by atoms with Gasteiger partial charge in [-0.15, -0.1) is 11.3 Å². The molecule has 0 unspecified atom stereocenters. The molecule has 0 atom stereocenters. The van der Waals surface area contributed by atoms with Crippen molar-refractivity contribution in [2.75, 3.05) is 20.8 Å². The topological polar surface area (TPSA) is 107 Å². The summed E-state index contributed by atoms with van der Waals surface area (Å²) in [7, 11) is 2.81. The molecule has 1 amide bonds. The van der Waals surface area contributed by atoms with Gasteiger partial charge in [0.15, 0.2) is 0 Å². The van der Waals surface area contributed by atoms with Crippen LogP contribution < -0.4 is 10.1 Å². The molecular weight excluding hydrogens is 676 g/mol. The number of benzene rings is 2. The average Bonchev–Trinajstić information content (AvgIpc) is 3.44. The molecule has 260 valence electrons. The Morgan fingerprint density at radius 1 is 1.00 bits per heavy atom. The highest BCUT2D eigenvalue weighted by atomic mass is 35.5. The van der Waals surface area contributed by atoms with Crippen LogP contribution in [-0.4, -0.2) is 66.2 Å². The quantitative estimate of drug-likeness (QED) is 0.168. The van der Waals surface area contributed by atoms with E-state index in [0.29, 0.717) is 42.6 Å². The largest absolute Gasteiger partial charge is 0.496 e. The first-order valence-electron chi connectivity index (χ1n) is 15.8. The molecule has 5 rings (SSSR count). The summed E-state index contributed by atoms with van der Waals surface area (Å²) >= 11 is 7.43. The highest BCUT2D eigenvalue weighted by Gasteiger charge is 2.33. The van der Waals surface area contributed by atoms with Gasteiger partial charge in [0.2, 0.25) is 0 Å². The molecule has 0 radical (unpaired) electrons. The van der Waals surface area contributed by atoms with Gasteiger partial charge in [-0.3, -0.25) is 9.59 Å². The molecule has 2 aromatic carbocycles. The van der Waals surface area contributed by atoms with Crippen molar-refractivity contribution >= 4 is 50.9 Å². The van der Waals surface area contributed by atoms with E-state index in [1.807, 2.05) is 32.9 Å². The van der Waals surface area contributed by atoms with Gasteiger partial charge in [0.25, 0.3) is 5.91 Å². The number of esters is 2. The first-order chi connectivity index (χ1) is 23.3. The maximum Gasteiger partial charge on any atom is 0.356 e. The number of hydrogen-bond acceptors (Lipinski definition) is 9. The molecule has 2 heterocycles.